The SMILES string of the molecule is Clc1ccccc1-c1cc(NCCc2ccccc2)n2ncc(Br)c2n1. The number of halogens is 2. The molecule has 0 radical (unpaired) electrons. The number of aromatic nitrogens is 3. The molecule has 0 fully saturated rings. The Labute approximate surface area is 165 Å². The highest BCUT2D eigenvalue weighted by Gasteiger charge is 2.13. The highest BCUT2D eigenvalue weighted by Crippen LogP contribution is 2.30. The quantitative estimate of drug-likeness (QED) is 0.459. The van der Waals surface area contributed by atoms with Crippen molar-refractivity contribution in [2.45, 2.75) is 6.42 Å². The van der Waals surface area contributed by atoms with Gasteiger partial charge in [-0.3, -0.25) is 0 Å². The number of nitrogens with zero attached hydrogens (tertiary/aromatic N) is 3. The third-order valence-electron chi connectivity index (χ3n) is 4.14. The van der Waals surface area contributed by atoms with E-state index in [4.69, 9.17) is 16.6 Å². The Hall–Kier alpha value is -2.37. The molecule has 2 aromatic carbocycles. The maximum Gasteiger partial charge on any atom is 0.172 e. The van der Waals surface area contributed by atoms with Gasteiger partial charge in [-0.1, -0.05) is 60.1 Å². The monoisotopic (exact) mass is 426 g/mol. The lowest BCUT2D eigenvalue weighted by atomic mass is 10.1. The van der Waals surface area contributed by atoms with Crippen molar-refractivity contribution in [3.63, 3.8) is 0 Å². The molecule has 4 rings (SSSR count). The van der Waals surface area contributed by atoms with Crippen molar-refractivity contribution in [1.82, 2.24) is 14.6 Å². The first-order chi connectivity index (χ1) is 12.7. The summed E-state index contributed by atoms with van der Waals surface area (Å²) in [6, 6.07) is 20.1. The van der Waals surface area contributed by atoms with Crippen LogP contribution >= 0.6 is 27.5 Å². The smallest absolute Gasteiger partial charge is 0.172 e. The van der Waals surface area contributed by atoms with Gasteiger partial charge in [-0.05, 0) is 34.0 Å². The van der Waals surface area contributed by atoms with E-state index in [0.717, 1.165) is 40.2 Å². The Morgan fingerprint density at radius 3 is 2.62 bits per heavy atom. The molecule has 0 aliphatic rings. The van der Waals surface area contributed by atoms with Gasteiger partial charge in [0.05, 0.1) is 16.4 Å². The first-order valence-corrected chi connectivity index (χ1v) is 9.46. The molecule has 4 aromatic rings. The normalized spacial score (nSPS) is 11.0. The Morgan fingerprint density at radius 2 is 1.81 bits per heavy atom. The van der Waals surface area contributed by atoms with Crippen molar-refractivity contribution < 1.29 is 0 Å². The summed E-state index contributed by atoms with van der Waals surface area (Å²) in [5.41, 5.74) is 3.75. The maximum absolute atomic E-state index is 6.37. The zero-order valence-corrected chi connectivity index (χ0v) is 16.2. The Morgan fingerprint density at radius 1 is 1.04 bits per heavy atom. The Balaban J connectivity index is 1.68. The predicted molar refractivity (Wildman–Crippen MR) is 110 cm³/mol. The highest BCUT2D eigenvalue weighted by atomic mass is 79.9. The largest absolute Gasteiger partial charge is 0.370 e. The van der Waals surface area contributed by atoms with Crippen molar-refractivity contribution in [1.29, 1.82) is 0 Å². The Kier molecular flexibility index (Phi) is 4.91. The lowest BCUT2D eigenvalue weighted by molar-refractivity contribution is 0.914. The maximum atomic E-state index is 6.37. The zero-order valence-electron chi connectivity index (χ0n) is 13.9. The van der Waals surface area contributed by atoms with Crippen LogP contribution in [-0.2, 0) is 6.42 Å². The molecule has 0 atom stereocenters. The molecule has 130 valence electrons. The second kappa shape index (κ2) is 7.48. The molecule has 4 nitrogen and oxygen atoms in total. The molecule has 0 aliphatic carbocycles. The molecular formula is C20H16BrClN4. The van der Waals surface area contributed by atoms with Crippen molar-refractivity contribution in [3.8, 4) is 11.3 Å². The van der Waals surface area contributed by atoms with Gasteiger partial charge in [-0.15, -0.1) is 0 Å². The number of rotatable bonds is 5. The molecule has 6 heteroatoms. The van der Waals surface area contributed by atoms with Crippen LogP contribution in [0, 0.1) is 0 Å². The van der Waals surface area contributed by atoms with Crippen LogP contribution in [0.15, 0.2) is 71.3 Å². The van der Waals surface area contributed by atoms with Crippen LogP contribution < -0.4 is 5.32 Å². The van der Waals surface area contributed by atoms with Crippen LogP contribution in [-0.4, -0.2) is 21.1 Å². The zero-order chi connectivity index (χ0) is 17.9. The van der Waals surface area contributed by atoms with Gasteiger partial charge in [0.1, 0.15) is 5.82 Å². The van der Waals surface area contributed by atoms with E-state index in [1.54, 1.807) is 10.7 Å². The van der Waals surface area contributed by atoms with Crippen LogP contribution in [0.2, 0.25) is 5.02 Å². The van der Waals surface area contributed by atoms with Gasteiger partial charge in [0.2, 0.25) is 0 Å². The standard InChI is InChI=1S/C20H16BrClN4/c21-16-13-24-26-19(23-11-10-14-6-2-1-3-7-14)12-18(25-20(16)26)15-8-4-5-9-17(15)22/h1-9,12-13,23H,10-11H2. The molecule has 0 bridgehead atoms. The first-order valence-electron chi connectivity index (χ1n) is 8.29. The minimum absolute atomic E-state index is 0.676. The van der Waals surface area contributed by atoms with Crippen molar-refractivity contribution >= 4 is 39.0 Å². The van der Waals surface area contributed by atoms with Crippen LogP contribution in [0.4, 0.5) is 5.82 Å². The van der Waals surface area contributed by atoms with E-state index in [1.165, 1.54) is 5.56 Å². The minimum atomic E-state index is 0.676. The lowest BCUT2D eigenvalue weighted by Gasteiger charge is -2.11. The predicted octanol–water partition coefficient (Wildman–Crippen LogP) is 5.47. The van der Waals surface area contributed by atoms with E-state index < -0.39 is 0 Å². The number of nitrogens with one attached hydrogen (secondary N) is 1. The molecular weight excluding hydrogens is 412 g/mol. The Bertz CT molecular complexity index is 1050. The van der Waals surface area contributed by atoms with Gasteiger partial charge in [0.15, 0.2) is 5.65 Å². The minimum Gasteiger partial charge on any atom is -0.370 e. The second-order valence-electron chi connectivity index (χ2n) is 5.90. The van der Waals surface area contributed by atoms with E-state index in [9.17, 15) is 0 Å². The molecule has 1 N–H and O–H groups in total. The van der Waals surface area contributed by atoms with Gasteiger partial charge in [-0.2, -0.15) is 9.61 Å². The molecule has 0 spiro atoms. The molecule has 2 heterocycles. The number of hydrogen-bond donors (Lipinski definition) is 1. The summed E-state index contributed by atoms with van der Waals surface area (Å²) in [5, 5.41) is 8.56. The highest BCUT2D eigenvalue weighted by molar-refractivity contribution is 9.10. The summed E-state index contributed by atoms with van der Waals surface area (Å²) >= 11 is 9.89. The van der Waals surface area contributed by atoms with E-state index in [-0.39, 0.29) is 0 Å². The molecule has 0 aliphatic heterocycles. The van der Waals surface area contributed by atoms with Gasteiger partial charge in [0.25, 0.3) is 0 Å². The van der Waals surface area contributed by atoms with Crippen LogP contribution in [0.5, 0.6) is 0 Å². The fourth-order valence-corrected chi connectivity index (χ4v) is 3.43. The van der Waals surface area contributed by atoms with E-state index >= 15 is 0 Å². The average molecular weight is 428 g/mol. The van der Waals surface area contributed by atoms with Gasteiger partial charge >= 0.3 is 0 Å². The number of fused-ring (bicyclic) bond motifs is 1. The van der Waals surface area contributed by atoms with Gasteiger partial charge in [0, 0.05) is 23.2 Å². The summed E-state index contributed by atoms with van der Waals surface area (Å²) in [6.45, 7) is 0.794. The average Bonchev–Trinajstić information content (AvgIpc) is 3.04. The third-order valence-corrected chi connectivity index (χ3v) is 5.03. The summed E-state index contributed by atoms with van der Waals surface area (Å²) in [7, 11) is 0. The van der Waals surface area contributed by atoms with Crippen LogP contribution in [0.1, 0.15) is 5.56 Å². The van der Waals surface area contributed by atoms with Gasteiger partial charge in [-0.25, -0.2) is 4.98 Å². The van der Waals surface area contributed by atoms with Crippen molar-refractivity contribution in [3.05, 3.63) is 81.9 Å². The van der Waals surface area contributed by atoms with Crippen molar-refractivity contribution in [2.75, 3.05) is 11.9 Å². The summed E-state index contributed by atoms with van der Waals surface area (Å²) in [4.78, 5) is 4.72. The second-order valence-corrected chi connectivity index (χ2v) is 7.16. The number of benzene rings is 2. The first kappa shape index (κ1) is 17.1. The molecule has 0 saturated carbocycles. The number of hydrogen-bond acceptors (Lipinski definition) is 3. The van der Waals surface area contributed by atoms with Crippen molar-refractivity contribution in [2.24, 2.45) is 0 Å². The van der Waals surface area contributed by atoms with E-state index in [0.29, 0.717) is 5.02 Å². The topological polar surface area (TPSA) is 42.2 Å². The molecule has 26 heavy (non-hydrogen) atoms. The molecule has 2 aromatic heterocycles. The lowest BCUT2D eigenvalue weighted by Crippen LogP contribution is -2.10. The van der Waals surface area contributed by atoms with Crippen LogP contribution in [0.3, 0.4) is 0 Å². The fraction of sp³-hybridized carbons (Fsp3) is 0.100. The summed E-state index contributed by atoms with van der Waals surface area (Å²) in [6.07, 6.45) is 2.68. The summed E-state index contributed by atoms with van der Waals surface area (Å²) in [5.74, 6) is 0.881. The molecule has 0 amide bonds. The van der Waals surface area contributed by atoms with Crippen LogP contribution in [0.25, 0.3) is 16.9 Å². The number of anilines is 1. The molecule has 0 saturated heterocycles. The van der Waals surface area contributed by atoms with Gasteiger partial charge < -0.3 is 5.32 Å². The molecule has 0 unspecified atom stereocenters. The van der Waals surface area contributed by atoms with E-state index in [1.807, 2.05) is 36.4 Å². The summed E-state index contributed by atoms with van der Waals surface area (Å²) < 4.78 is 2.65. The van der Waals surface area contributed by atoms with E-state index in [2.05, 4.69) is 50.6 Å². The fourth-order valence-electron chi connectivity index (χ4n) is 2.85. The third kappa shape index (κ3) is 3.45.